The first-order valence-electron chi connectivity index (χ1n) is 8.06. The first-order valence-corrected chi connectivity index (χ1v) is 8.47. The summed E-state index contributed by atoms with van der Waals surface area (Å²) < 4.78 is 7.12. The van der Waals surface area contributed by atoms with Gasteiger partial charge in [0.2, 0.25) is 0 Å². The Balaban J connectivity index is 1.93. The highest BCUT2D eigenvalue weighted by Crippen LogP contribution is 2.31. The van der Waals surface area contributed by atoms with Crippen molar-refractivity contribution in [1.82, 2.24) is 4.57 Å². The zero-order valence-electron chi connectivity index (χ0n) is 13.5. The molecular weight excluding hydrogens is 306 g/mol. The molecule has 0 N–H and O–H groups in total. The van der Waals surface area contributed by atoms with E-state index < -0.39 is 0 Å². The molecule has 0 amide bonds. The molecule has 0 bridgehead atoms. The van der Waals surface area contributed by atoms with Crippen LogP contribution in [0.3, 0.4) is 0 Å². The van der Waals surface area contributed by atoms with Crippen molar-refractivity contribution in [1.29, 1.82) is 0 Å². The van der Waals surface area contributed by atoms with E-state index in [9.17, 15) is 4.79 Å². The van der Waals surface area contributed by atoms with Gasteiger partial charge in [-0.2, -0.15) is 0 Å². The van der Waals surface area contributed by atoms with Gasteiger partial charge < -0.3 is 9.30 Å². The number of rotatable bonds is 4. The number of benzene rings is 1. The van der Waals surface area contributed by atoms with Crippen LogP contribution in [0.15, 0.2) is 36.4 Å². The SMILES string of the molecule is CCc1ccc(C(=S)c2ccc3n2CCCC3C(=O)OC)cc1. The van der Waals surface area contributed by atoms with E-state index >= 15 is 0 Å². The Kier molecular flexibility index (Phi) is 4.62. The molecule has 2 heterocycles. The van der Waals surface area contributed by atoms with E-state index in [-0.39, 0.29) is 11.9 Å². The maximum Gasteiger partial charge on any atom is 0.314 e. The van der Waals surface area contributed by atoms with E-state index in [0.717, 1.165) is 47.6 Å². The molecule has 1 unspecified atom stereocenters. The molecule has 1 aromatic heterocycles. The van der Waals surface area contributed by atoms with Crippen molar-refractivity contribution in [3.05, 3.63) is 58.9 Å². The number of esters is 1. The van der Waals surface area contributed by atoms with Crippen LogP contribution in [0.2, 0.25) is 0 Å². The standard InChI is InChI=1S/C19H21NO2S/c1-3-13-6-8-14(9-7-13)18(23)17-11-10-16-15(19(21)22-2)5-4-12-20(16)17/h6-11,15H,3-5,12H2,1-2H3. The number of hydrogen-bond donors (Lipinski definition) is 0. The number of aryl methyl sites for hydroxylation is 1. The predicted octanol–water partition coefficient (Wildman–Crippen LogP) is 3.87. The molecule has 0 fully saturated rings. The van der Waals surface area contributed by atoms with E-state index in [2.05, 4.69) is 35.8 Å². The molecule has 0 aliphatic carbocycles. The summed E-state index contributed by atoms with van der Waals surface area (Å²) in [5.41, 5.74) is 4.40. The van der Waals surface area contributed by atoms with Crippen LogP contribution < -0.4 is 0 Å². The minimum absolute atomic E-state index is 0.159. The monoisotopic (exact) mass is 327 g/mol. The molecule has 1 aliphatic rings. The van der Waals surface area contributed by atoms with Gasteiger partial charge in [0, 0.05) is 12.2 Å². The minimum atomic E-state index is -0.173. The fourth-order valence-electron chi connectivity index (χ4n) is 3.26. The van der Waals surface area contributed by atoms with Crippen LogP contribution in [0.4, 0.5) is 0 Å². The Bertz CT molecular complexity index is 730. The van der Waals surface area contributed by atoms with E-state index in [4.69, 9.17) is 17.0 Å². The van der Waals surface area contributed by atoms with Crippen LogP contribution in [-0.2, 0) is 22.5 Å². The Morgan fingerprint density at radius 1 is 1.26 bits per heavy atom. The first-order chi connectivity index (χ1) is 11.2. The summed E-state index contributed by atoms with van der Waals surface area (Å²) in [7, 11) is 1.45. The summed E-state index contributed by atoms with van der Waals surface area (Å²) in [6.07, 6.45) is 2.83. The Hall–Kier alpha value is -1.94. The highest BCUT2D eigenvalue weighted by molar-refractivity contribution is 7.81. The fourth-order valence-corrected chi connectivity index (χ4v) is 3.57. The highest BCUT2D eigenvalue weighted by atomic mass is 32.1. The lowest BCUT2D eigenvalue weighted by atomic mass is 9.96. The summed E-state index contributed by atoms with van der Waals surface area (Å²) in [6, 6.07) is 12.5. The van der Waals surface area contributed by atoms with E-state index in [1.54, 1.807) is 0 Å². The van der Waals surface area contributed by atoms with E-state index in [0.29, 0.717) is 0 Å². The van der Waals surface area contributed by atoms with E-state index in [1.165, 1.54) is 12.7 Å². The lowest BCUT2D eigenvalue weighted by Gasteiger charge is -2.24. The number of carbonyl (C=O) groups is 1. The molecule has 23 heavy (non-hydrogen) atoms. The van der Waals surface area contributed by atoms with Crippen molar-refractivity contribution in [3.63, 3.8) is 0 Å². The van der Waals surface area contributed by atoms with Gasteiger partial charge in [0.15, 0.2) is 0 Å². The average Bonchev–Trinajstić information content (AvgIpc) is 3.04. The van der Waals surface area contributed by atoms with Gasteiger partial charge in [0.05, 0.1) is 23.6 Å². The van der Waals surface area contributed by atoms with E-state index in [1.807, 2.05) is 12.1 Å². The first kappa shape index (κ1) is 15.9. The Labute approximate surface area is 142 Å². The average molecular weight is 327 g/mol. The van der Waals surface area contributed by atoms with Gasteiger partial charge in [-0.25, -0.2) is 0 Å². The van der Waals surface area contributed by atoms with Gasteiger partial charge in [0.25, 0.3) is 0 Å². The lowest BCUT2D eigenvalue weighted by molar-refractivity contribution is -0.143. The second kappa shape index (κ2) is 6.67. The summed E-state index contributed by atoms with van der Waals surface area (Å²) in [4.78, 5) is 12.8. The predicted molar refractivity (Wildman–Crippen MR) is 95.0 cm³/mol. The van der Waals surface area contributed by atoms with Crippen molar-refractivity contribution < 1.29 is 9.53 Å². The third-order valence-electron chi connectivity index (χ3n) is 4.59. The molecule has 1 aromatic carbocycles. The number of thiocarbonyl (C=S) groups is 1. The quantitative estimate of drug-likeness (QED) is 0.485. The number of fused-ring (bicyclic) bond motifs is 1. The number of aromatic nitrogens is 1. The van der Waals surface area contributed by atoms with Crippen molar-refractivity contribution >= 4 is 23.1 Å². The molecule has 3 rings (SSSR count). The topological polar surface area (TPSA) is 31.2 Å². The third kappa shape index (κ3) is 2.95. The maximum atomic E-state index is 12.0. The molecule has 1 aliphatic heterocycles. The Morgan fingerprint density at radius 3 is 2.65 bits per heavy atom. The van der Waals surface area contributed by atoms with Crippen LogP contribution >= 0.6 is 12.2 Å². The molecule has 0 saturated carbocycles. The van der Waals surface area contributed by atoms with Gasteiger partial charge in [-0.05, 0) is 42.5 Å². The second-order valence-electron chi connectivity index (χ2n) is 5.89. The summed E-state index contributed by atoms with van der Waals surface area (Å²) >= 11 is 5.70. The minimum Gasteiger partial charge on any atom is -0.469 e. The van der Waals surface area contributed by atoms with Crippen LogP contribution in [0, 0.1) is 0 Å². The summed E-state index contributed by atoms with van der Waals surface area (Å²) in [6.45, 7) is 3.04. The van der Waals surface area contributed by atoms with Gasteiger partial charge in [-0.3, -0.25) is 4.79 Å². The maximum absolute atomic E-state index is 12.0. The van der Waals surface area contributed by atoms with Gasteiger partial charge in [-0.15, -0.1) is 0 Å². The molecule has 3 nitrogen and oxygen atoms in total. The molecule has 4 heteroatoms. The highest BCUT2D eigenvalue weighted by Gasteiger charge is 2.29. The zero-order valence-corrected chi connectivity index (χ0v) is 14.4. The summed E-state index contributed by atoms with van der Waals surface area (Å²) in [5, 5.41) is 0. The Morgan fingerprint density at radius 2 is 2.00 bits per heavy atom. The van der Waals surface area contributed by atoms with Crippen LogP contribution in [0.1, 0.15) is 48.2 Å². The second-order valence-corrected chi connectivity index (χ2v) is 6.30. The smallest absolute Gasteiger partial charge is 0.314 e. The van der Waals surface area contributed by atoms with Crippen LogP contribution in [0.5, 0.6) is 0 Å². The number of ether oxygens (including phenoxy) is 1. The number of carbonyl (C=O) groups excluding carboxylic acids is 1. The molecule has 120 valence electrons. The number of methoxy groups -OCH3 is 1. The molecule has 2 aromatic rings. The lowest BCUT2D eigenvalue weighted by Crippen LogP contribution is -2.24. The van der Waals surface area contributed by atoms with Crippen molar-refractivity contribution in [2.24, 2.45) is 0 Å². The summed E-state index contributed by atoms with van der Waals surface area (Å²) in [5.74, 6) is -0.332. The fraction of sp³-hybridized carbons (Fsp3) is 0.368. The van der Waals surface area contributed by atoms with Crippen LogP contribution in [-0.4, -0.2) is 22.5 Å². The molecule has 0 radical (unpaired) electrons. The van der Waals surface area contributed by atoms with Crippen LogP contribution in [0.25, 0.3) is 0 Å². The molecule has 1 atom stereocenters. The number of nitrogens with zero attached hydrogens (tertiary/aromatic N) is 1. The zero-order chi connectivity index (χ0) is 16.4. The van der Waals surface area contributed by atoms with Gasteiger partial charge >= 0.3 is 5.97 Å². The molecule has 0 saturated heterocycles. The van der Waals surface area contributed by atoms with Gasteiger partial charge in [0.1, 0.15) is 0 Å². The molecule has 0 spiro atoms. The van der Waals surface area contributed by atoms with Crippen molar-refractivity contribution in [2.45, 2.75) is 38.6 Å². The molecular formula is C19H21NO2S. The third-order valence-corrected chi connectivity index (χ3v) is 5.03. The largest absolute Gasteiger partial charge is 0.469 e. The van der Waals surface area contributed by atoms with Crippen molar-refractivity contribution in [2.75, 3.05) is 7.11 Å². The van der Waals surface area contributed by atoms with Gasteiger partial charge in [-0.1, -0.05) is 43.4 Å². The number of hydrogen-bond acceptors (Lipinski definition) is 3. The van der Waals surface area contributed by atoms with Crippen molar-refractivity contribution in [3.8, 4) is 0 Å². The normalized spacial score (nSPS) is 16.7.